The predicted molar refractivity (Wildman–Crippen MR) is 57.6 cm³/mol. The van der Waals surface area contributed by atoms with Crippen molar-refractivity contribution < 1.29 is 14.6 Å². The number of H-pyrrole nitrogens is 1. The predicted octanol–water partition coefficient (Wildman–Crippen LogP) is 1.25. The van der Waals surface area contributed by atoms with Gasteiger partial charge in [0.05, 0.1) is 6.61 Å². The molecule has 0 saturated carbocycles. The topological polar surface area (TPSA) is 75.2 Å². The summed E-state index contributed by atoms with van der Waals surface area (Å²) < 4.78 is 5.20. The Morgan fingerprint density at radius 2 is 2.44 bits per heavy atom. The molecular formula is C11H16N2O3. The Labute approximate surface area is 93.8 Å². The van der Waals surface area contributed by atoms with E-state index in [9.17, 15) is 4.79 Å². The van der Waals surface area contributed by atoms with Crippen LogP contribution in [0.15, 0.2) is 0 Å². The van der Waals surface area contributed by atoms with E-state index >= 15 is 0 Å². The normalized spacial score (nSPS) is 24.1. The average molecular weight is 224 g/mol. The molecule has 88 valence electrons. The largest absolute Gasteiger partial charge is 0.476 e. The minimum absolute atomic E-state index is 0.0874. The van der Waals surface area contributed by atoms with Gasteiger partial charge in [0, 0.05) is 18.4 Å². The van der Waals surface area contributed by atoms with Crippen LogP contribution in [0, 0.1) is 5.41 Å². The van der Waals surface area contributed by atoms with E-state index < -0.39 is 5.97 Å². The molecule has 1 heterocycles. The van der Waals surface area contributed by atoms with E-state index in [-0.39, 0.29) is 11.1 Å². The van der Waals surface area contributed by atoms with Crippen LogP contribution < -0.4 is 0 Å². The van der Waals surface area contributed by atoms with Gasteiger partial charge in [-0.15, -0.1) is 0 Å². The number of aromatic amines is 1. The highest BCUT2D eigenvalue weighted by Gasteiger charge is 2.33. The molecule has 0 bridgehead atoms. The second-order valence-electron chi connectivity index (χ2n) is 4.75. The first-order valence-corrected chi connectivity index (χ1v) is 5.34. The van der Waals surface area contributed by atoms with Gasteiger partial charge < -0.3 is 9.84 Å². The van der Waals surface area contributed by atoms with Crippen molar-refractivity contribution in [1.29, 1.82) is 0 Å². The van der Waals surface area contributed by atoms with Crippen molar-refractivity contribution in [2.45, 2.75) is 26.2 Å². The molecule has 1 aliphatic rings. The molecule has 1 atom stereocenters. The van der Waals surface area contributed by atoms with Gasteiger partial charge in [-0.25, -0.2) is 4.79 Å². The standard InChI is InChI=1S/C11H16N2O3/c1-11(6-16-2)4-3-7-8(5-11)12-13-9(7)10(14)15/h3-6H2,1-2H3,(H,12,13)(H,14,15). The number of carboxylic acids is 1. The molecule has 0 amide bonds. The summed E-state index contributed by atoms with van der Waals surface area (Å²) in [5.41, 5.74) is 2.07. The second kappa shape index (κ2) is 3.90. The van der Waals surface area contributed by atoms with Crippen LogP contribution in [0.5, 0.6) is 0 Å². The summed E-state index contributed by atoms with van der Waals surface area (Å²) >= 11 is 0. The number of hydrogen-bond acceptors (Lipinski definition) is 3. The molecule has 1 aromatic heterocycles. The van der Waals surface area contributed by atoms with E-state index in [4.69, 9.17) is 9.84 Å². The molecule has 1 aromatic rings. The second-order valence-corrected chi connectivity index (χ2v) is 4.75. The SMILES string of the molecule is COCC1(C)CCc2c(C(=O)O)n[nH]c2C1. The maximum atomic E-state index is 10.9. The fourth-order valence-corrected chi connectivity index (χ4v) is 2.41. The minimum Gasteiger partial charge on any atom is -0.476 e. The number of carbonyl (C=O) groups is 1. The number of hydrogen-bond donors (Lipinski definition) is 2. The number of methoxy groups -OCH3 is 1. The summed E-state index contributed by atoms with van der Waals surface area (Å²) in [5, 5.41) is 15.6. The number of fused-ring (bicyclic) bond motifs is 1. The van der Waals surface area contributed by atoms with E-state index in [1.54, 1.807) is 7.11 Å². The summed E-state index contributed by atoms with van der Waals surface area (Å²) in [4.78, 5) is 10.9. The van der Waals surface area contributed by atoms with Gasteiger partial charge in [0.25, 0.3) is 0 Å². The third-order valence-electron chi connectivity index (χ3n) is 3.23. The fraction of sp³-hybridized carbons (Fsp3) is 0.636. The van der Waals surface area contributed by atoms with Crippen LogP contribution in [-0.4, -0.2) is 35.0 Å². The molecule has 1 aliphatic carbocycles. The Hall–Kier alpha value is -1.36. The van der Waals surface area contributed by atoms with Crippen molar-refractivity contribution in [2.75, 3.05) is 13.7 Å². The number of aromatic nitrogens is 2. The minimum atomic E-state index is -0.951. The maximum Gasteiger partial charge on any atom is 0.356 e. The van der Waals surface area contributed by atoms with Gasteiger partial charge in [-0.2, -0.15) is 5.10 Å². The molecule has 0 spiro atoms. The first-order valence-electron chi connectivity index (χ1n) is 5.34. The molecule has 1 unspecified atom stereocenters. The zero-order valence-corrected chi connectivity index (χ0v) is 9.54. The molecule has 16 heavy (non-hydrogen) atoms. The first-order chi connectivity index (χ1) is 7.56. The van der Waals surface area contributed by atoms with Gasteiger partial charge in [-0.3, -0.25) is 5.10 Å². The third-order valence-corrected chi connectivity index (χ3v) is 3.23. The van der Waals surface area contributed by atoms with Crippen molar-refractivity contribution in [2.24, 2.45) is 5.41 Å². The zero-order chi connectivity index (χ0) is 11.8. The Balaban J connectivity index is 2.26. The molecule has 0 aliphatic heterocycles. The molecule has 0 saturated heterocycles. The van der Waals surface area contributed by atoms with Crippen LogP contribution in [0.4, 0.5) is 0 Å². The molecule has 2 rings (SSSR count). The number of ether oxygens (including phenoxy) is 1. The summed E-state index contributed by atoms with van der Waals surface area (Å²) in [6.45, 7) is 2.84. The van der Waals surface area contributed by atoms with Crippen LogP contribution in [0.3, 0.4) is 0 Å². The lowest BCUT2D eigenvalue weighted by atomic mass is 9.75. The lowest BCUT2D eigenvalue weighted by Crippen LogP contribution is -2.30. The summed E-state index contributed by atoms with van der Waals surface area (Å²) in [5.74, 6) is -0.951. The summed E-state index contributed by atoms with van der Waals surface area (Å²) in [6.07, 6.45) is 2.50. The monoisotopic (exact) mass is 224 g/mol. The summed E-state index contributed by atoms with van der Waals surface area (Å²) in [6, 6.07) is 0. The number of nitrogens with zero attached hydrogens (tertiary/aromatic N) is 1. The van der Waals surface area contributed by atoms with Crippen LogP contribution in [0.25, 0.3) is 0 Å². The van der Waals surface area contributed by atoms with E-state index in [0.717, 1.165) is 30.5 Å². The fourth-order valence-electron chi connectivity index (χ4n) is 2.41. The van der Waals surface area contributed by atoms with Crippen LogP contribution in [0.1, 0.15) is 35.1 Å². The molecule has 2 N–H and O–H groups in total. The van der Waals surface area contributed by atoms with Crippen LogP contribution in [0.2, 0.25) is 0 Å². The van der Waals surface area contributed by atoms with Gasteiger partial charge in [-0.1, -0.05) is 6.92 Å². The smallest absolute Gasteiger partial charge is 0.356 e. The zero-order valence-electron chi connectivity index (χ0n) is 9.54. The van der Waals surface area contributed by atoms with Gasteiger partial charge in [0.15, 0.2) is 5.69 Å². The quantitative estimate of drug-likeness (QED) is 0.810. The molecule has 0 aromatic carbocycles. The molecule has 0 fully saturated rings. The number of aromatic carboxylic acids is 1. The lowest BCUT2D eigenvalue weighted by Gasteiger charge is -2.32. The maximum absolute atomic E-state index is 10.9. The van der Waals surface area contributed by atoms with Crippen molar-refractivity contribution in [3.63, 3.8) is 0 Å². The van der Waals surface area contributed by atoms with Crippen molar-refractivity contribution in [3.8, 4) is 0 Å². The van der Waals surface area contributed by atoms with Crippen molar-refractivity contribution >= 4 is 5.97 Å². The molecule has 5 nitrogen and oxygen atoms in total. The first kappa shape index (κ1) is 11.1. The number of carboxylic acid groups (broad SMARTS) is 1. The molecular weight excluding hydrogens is 208 g/mol. The van der Waals surface area contributed by atoms with Crippen LogP contribution in [-0.2, 0) is 17.6 Å². The van der Waals surface area contributed by atoms with E-state index in [0.29, 0.717) is 6.61 Å². The highest BCUT2D eigenvalue weighted by atomic mass is 16.5. The Bertz CT molecular complexity index is 413. The Kier molecular flexibility index (Phi) is 2.71. The lowest BCUT2D eigenvalue weighted by molar-refractivity contribution is 0.0684. The summed E-state index contributed by atoms with van der Waals surface area (Å²) in [7, 11) is 1.69. The van der Waals surface area contributed by atoms with Crippen LogP contribution >= 0.6 is 0 Å². The van der Waals surface area contributed by atoms with Crippen molar-refractivity contribution in [1.82, 2.24) is 10.2 Å². The number of rotatable bonds is 3. The van der Waals surface area contributed by atoms with Gasteiger partial charge >= 0.3 is 5.97 Å². The highest BCUT2D eigenvalue weighted by Crippen LogP contribution is 2.35. The third kappa shape index (κ3) is 1.82. The molecule has 0 radical (unpaired) electrons. The Morgan fingerprint density at radius 1 is 1.69 bits per heavy atom. The van der Waals surface area contributed by atoms with Gasteiger partial charge in [0.1, 0.15) is 0 Å². The highest BCUT2D eigenvalue weighted by molar-refractivity contribution is 5.87. The van der Waals surface area contributed by atoms with E-state index in [1.165, 1.54) is 0 Å². The van der Waals surface area contributed by atoms with Crippen molar-refractivity contribution in [3.05, 3.63) is 17.0 Å². The van der Waals surface area contributed by atoms with Gasteiger partial charge in [-0.05, 0) is 24.7 Å². The average Bonchev–Trinajstić information content (AvgIpc) is 2.60. The Morgan fingerprint density at radius 3 is 3.06 bits per heavy atom. The number of nitrogens with one attached hydrogen (secondary N) is 1. The van der Waals surface area contributed by atoms with E-state index in [2.05, 4.69) is 17.1 Å². The van der Waals surface area contributed by atoms with E-state index in [1.807, 2.05) is 0 Å². The molecule has 5 heteroatoms. The van der Waals surface area contributed by atoms with Gasteiger partial charge in [0.2, 0.25) is 0 Å².